The molecule has 3 aromatic rings. The Kier molecular flexibility index (Phi) is 7.24. The van der Waals surface area contributed by atoms with Crippen LogP contribution in [0.2, 0.25) is 0 Å². The van der Waals surface area contributed by atoms with Gasteiger partial charge in [-0.2, -0.15) is 5.10 Å². The predicted molar refractivity (Wildman–Crippen MR) is 144 cm³/mol. The SMILES string of the molecule is CC(C)c1ccc(C=CC2=NN(c3ccccc3)C(C=Cc3ccc(C(C)C)cc3)C2)cc1. The van der Waals surface area contributed by atoms with Crippen LogP contribution in [0.5, 0.6) is 0 Å². The molecule has 1 unspecified atom stereocenters. The van der Waals surface area contributed by atoms with Crippen molar-refractivity contribution < 1.29 is 0 Å². The number of allylic oxidation sites excluding steroid dienone is 1. The number of para-hydroxylation sites is 1. The van der Waals surface area contributed by atoms with Crippen molar-refractivity contribution in [1.29, 1.82) is 0 Å². The van der Waals surface area contributed by atoms with Crippen LogP contribution in [0.25, 0.3) is 12.2 Å². The third-order valence-electron chi connectivity index (χ3n) is 6.17. The fourth-order valence-corrected chi connectivity index (χ4v) is 4.03. The standard InChI is InChI=1S/C31H34N2/c1-23(2)27-16-10-25(11-17-27)14-20-29-22-31(33(32-29)30-8-6-5-7-9-30)21-15-26-12-18-28(19-13-26)24(3)4/h5-21,23-24,31H,22H2,1-4H3. The number of benzene rings is 3. The number of nitrogens with zero attached hydrogens (tertiary/aromatic N) is 2. The molecule has 2 heteroatoms. The quantitative estimate of drug-likeness (QED) is 0.365. The van der Waals surface area contributed by atoms with Crippen molar-refractivity contribution in [3.05, 3.63) is 113 Å². The van der Waals surface area contributed by atoms with Gasteiger partial charge in [0, 0.05) is 6.42 Å². The number of anilines is 1. The molecule has 1 aliphatic heterocycles. The molecule has 33 heavy (non-hydrogen) atoms. The van der Waals surface area contributed by atoms with Gasteiger partial charge in [0.1, 0.15) is 0 Å². The maximum Gasteiger partial charge on any atom is 0.0765 e. The van der Waals surface area contributed by atoms with Gasteiger partial charge in [0.15, 0.2) is 0 Å². The Balaban J connectivity index is 1.52. The van der Waals surface area contributed by atoms with Crippen LogP contribution >= 0.6 is 0 Å². The Bertz CT molecular complexity index is 1120. The second kappa shape index (κ2) is 10.5. The molecule has 0 N–H and O–H groups in total. The Morgan fingerprint density at radius 3 is 1.79 bits per heavy atom. The van der Waals surface area contributed by atoms with Gasteiger partial charge in [-0.15, -0.1) is 0 Å². The highest BCUT2D eigenvalue weighted by Crippen LogP contribution is 2.27. The van der Waals surface area contributed by atoms with E-state index in [0.717, 1.165) is 17.8 Å². The number of hydrogen-bond acceptors (Lipinski definition) is 2. The maximum absolute atomic E-state index is 4.96. The van der Waals surface area contributed by atoms with Crippen molar-refractivity contribution in [1.82, 2.24) is 0 Å². The molecule has 0 aromatic heterocycles. The summed E-state index contributed by atoms with van der Waals surface area (Å²) in [5, 5.41) is 7.10. The second-order valence-corrected chi connectivity index (χ2v) is 9.38. The van der Waals surface area contributed by atoms with Gasteiger partial charge >= 0.3 is 0 Å². The van der Waals surface area contributed by atoms with Crippen molar-refractivity contribution in [3.63, 3.8) is 0 Å². The molecule has 0 fully saturated rings. The Labute approximate surface area is 199 Å². The maximum atomic E-state index is 4.96. The summed E-state index contributed by atoms with van der Waals surface area (Å²) in [7, 11) is 0. The van der Waals surface area contributed by atoms with Gasteiger partial charge in [0.25, 0.3) is 0 Å². The summed E-state index contributed by atoms with van der Waals surface area (Å²) in [6, 6.07) is 28.3. The average Bonchev–Trinajstić information content (AvgIpc) is 3.25. The van der Waals surface area contributed by atoms with E-state index in [1.54, 1.807) is 0 Å². The number of hydrogen-bond donors (Lipinski definition) is 0. The summed E-state index contributed by atoms with van der Waals surface area (Å²) in [6.45, 7) is 8.91. The highest BCUT2D eigenvalue weighted by molar-refractivity contribution is 6.01. The second-order valence-electron chi connectivity index (χ2n) is 9.38. The van der Waals surface area contributed by atoms with Crippen molar-refractivity contribution in [3.8, 4) is 0 Å². The lowest BCUT2D eigenvalue weighted by Gasteiger charge is -2.20. The number of rotatable bonds is 7. The molecule has 0 aliphatic carbocycles. The van der Waals surface area contributed by atoms with Crippen LogP contribution in [0.3, 0.4) is 0 Å². The van der Waals surface area contributed by atoms with Gasteiger partial charge in [-0.25, -0.2) is 0 Å². The molecule has 1 aliphatic rings. The summed E-state index contributed by atoms with van der Waals surface area (Å²) in [5.74, 6) is 1.10. The van der Waals surface area contributed by atoms with Crippen molar-refractivity contribution in [2.45, 2.75) is 52.0 Å². The van der Waals surface area contributed by atoms with E-state index >= 15 is 0 Å². The smallest absolute Gasteiger partial charge is 0.0765 e. The van der Waals surface area contributed by atoms with Gasteiger partial charge in [-0.05, 0) is 52.3 Å². The minimum absolute atomic E-state index is 0.195. The van der Waals surface area contributed by atoms with Crippen molar-refractivity contribution >= 4 is 23.6 Å². The molecule has 0 bridgehead atoms. The molecule has 0 spiro atoms. The molecule has 0 saturated carbocycles. The monoisotopic (exact) mass is 434 g/mol. The summed E-state index contributed by atoms with van der Waals surface area (Å²) in [6.07, 6.45) is 9.71. The van der Waals surface area contributed by atoms with Crippen LogP contribution in [-0.4, -0.2) is 11.8 Å². The molecule has 2 nitrogen and oxygen atoms in total. The fourth-order valence-electron chi connectivity index (χ4n) is 4.03. The zero-order valence-electron chi connectivity index (χ0n) is 20.1. The first-order chi connectivity index (χ1) is 16.0. The lowest BCUT2D eigenvalue weighted by molar-refractivity contribution is 0.791. The normalized spacial score (nSPS) is 16.5. The van der Waals surface area contributed by atoms with Crippen LogP contribution in [-0.2, 0) is 0 Å². The van der Waals surface area contributed by atoms with E-state index in [2.05, 4.69) is 130 Å². The molecule has 0 radical (unpaired) electrons. The highest BCUT2D eigenvalue weighted by atomic mass is 15.5. The molecular formula is C31H34N2. The van der Waals surface area contributed by atoms with Gasteiger partial charge in [0.2, 0.25) is 0 Å². The molecule has 0 saturated heterocycles. The minimum atomic E-state index is 0.195. The largest absolute Gasteiger partial charge is 0.258 e. The van der Waals surface area contributed by atoms with Crippen LogP contribution in [0.4, 0.5) is 5.69 Å². The first kappa shape index (κ1) is 22.8. The van der Waals surface area contributed by atoms with Crippen LogP contribution in [0.15, 0.2) is 96.1 Å². The summed E-state index contributed by atoms with van der Waals surface area (Å²) in [4.78, 5) is 0. The van der Waals surface area contributed by atoms with Gasteiger partial charge in [-0.1, -0.05) is 113 Å². The predicted octanol–water partition coefficient (Wildman–Crippen LogP) is 8.29. The van der Waals surface area contributed by atoms with Gasteiger partial charge in [-0.3, -0.25) is 5.01 Å². The van der Waals surface area contributed by atoms with E-state index in [1.807, 2.05) is 6.07 Å². The summed E-state index contributed by atoms with van der Waals surface area (Å²) < 4.78 is 0. The Morgan fingerprint density at radius 1 is 0.697 bits per heavy atom. The van der Waals surface area contributed by atoms with Crippen LogP contribution in [0.1, 0.15) is 68.2 Å². The topological polar surface area (TPSA) is 15.6 Å². The van der Waals surface area contributed by atoms with E-state index in [0.29, 0.717) is 11.8 Å². The molecule has 3 aromatic carbocycles. The van der Waals surface area contributed by atoms with Crippen molar-refractivity contribution in [2.24, 2.45) is 5.10 Å². The molecule has 1 atom stereocenters. The molecule has 0 amide bonds. The first-order valence-electron chi connectivity index (χ1n) is 12.0. The van der Waals surface area contributed by atoms with E-state index in [1.165, 1.54) is 22.3 Å². The first-order valence-corrected chi connectivity index (χ1v) is 12.0. The van der Waals surface area contributed by atoms with E-state index in [4.69, 9.17) is 5.10 Å². The molecule has 1 heterocycles. The molecule has 168 valence electrons. The third-order valence-corrected chi connectivity index (χ3v) is 6.17. The van der Waals surface area contributed by atoms with E-state index < -0.39 is 0 Å². The third kappa shape index (κ3) is 5.90. The van der Waals surface area contributed by atoms with Crippen molar-refractivity contribution in [2.75, 3.05) is 5.01 Å². The van der Waals surface area contributed by atoms with E-state index in [-0.39, 0.29) is 6.04 Å². The summed E-state index contributed by atoms with van der Waals surface area (Å²) >= 11 is 0. The Morgan fingerprint density at radius 2 is 1.24 bits per heavy atom. The summed E-state index contributed by atoms with van der Waals surface area (Å²) in [5.41, 5.74) is 7.38. The lowest BCUT2D eigenvalue weighted by atomic mass is 10.0. The fraction of sp³-hybridized carbons (Fsp3) is 0.258. The number of hydrazone groups is 1. The molecular weight excluding hydrogens is 400 g/mol. The molecule has 4 rings (SSSR count). The van der Waals surface area contributed by atoms with Gasteiger partial charge < -0.3 is 0 Å². The van der Waals surface area contributed by atoms with Crippen LogP contribution in [0, 0.1) is 0 Å². The minimum Gasteiger partial charge on any atom is -0.258 e. The van der Waals surface area contributed by atoms with E-state index in [9.17, 15) is 0 Å². The Hall–Kier alpha value is -3.39. The zero-order chi connectivity index (χ0) is 23.2. The van der Waals surface area contributed by atoms with Crippen LogP contribution < -0.4 is 5.01 Å². The average molecular weight is 435 g/mol. The highest BCUT2D eigenvalue weighted by Gasteiger charge is 2.24. The zero-order valence-corrected chi connectivity index (χ0v) is 20.1. The lowest BCUT2D eigenvalue weighted by Crippen LogP contribution is -2.23. The van der Waals surface area contributed by atoms with Gasteiger partial charge in [0.05, 0.1) is 17.4 Å².